The van der Waals surface area contributed by atoms with E-state index in [0.29, 0.717) is 27.5 Å². The lowest BCUT2D eigenvalue weighted by molar-refractivity contribution is -0.123. The van der Waals surface area contributed by atoms with E-state index in [0.717, 1.165) is 0 Å². The Hall–Kier alpha value is -2.60. The number of fused-ring (bicyclic) bond motifs is 1. The van der Waals surface area contributed by atoms with Gasteiger partial charge in [0.1, 0.15) is 11.5 Å². The molecule has 0 radical (unpaired) electrons. The van der Waals surface area contributed by atoms with Crippen LogP contribution >= 0.6 is 11.8 Å². The van der Waals surface area contributed by atoms with Crippen LogP contribution in [0.25, 0.3) is 16.6 Å². The number of methoxy groups -OCH3 is 1. The summed E-state index contributed by atoms with van der Waals surface area (Å²) in [5, 5.41) is 1.02. The van der Waals surface area contributed by atoms with Crippen LogP contribution in [0.15, 0.2) is 58.5 Å². The van der Waals surface area contributed by atoms with Crippen LogP contribution in [0.4, 0.5) is 0 Å². The number of thioether (sulfide) groups is 1. The van der Waals surface area contributed by atoms with Gasteiger partial charge in [0, 0.05) is 11.5 Å². The van der Waals surface area contributed by atoms with Gasteiger partial charge in [0.05, 0.1) is 29.5 Å². The smallest absolute Gasteiger partial charge is 0.266 e. The van der Waals surface area contributed by atoms with Gasteiger partial charge in [-0.25, -0.2) is 4.98 Å². The second-order valence-electron chi connectivity index (χ2n) is 7.22. The number of carbonyl (C=O) groups is 1. The molecule has 0 aliphatic carbocycles. The highest BCUT2D eigenvalue weighted by atomic mass is 32.2. The molecule has 0 aliphatic rings. The Balaban J connectivity index is 2.15. The summed E-state index contributed by atoms with van der Waals surface area (Å²) in [5.74, 6) is 1.000. The maximum atomic E-state index is 13.2. The minimum Gasteiger partial charge on any atom is -0.497 e. The average Bonchev–Trinajstić information content (AvgIpc) is 2.65. The highest BCUT2D eigenvalue weighted by Crippen LogP contribution is 2.26. The van der Waals surface area contributed by atoms with E-state index < -0.39 is 5.41 Å². The summed E-state index contributed by atoms with van der Waals surface area (Å²) in [5.41, 5.74) is 0.667. The molecule has 27 heavy (non-hydrogen) atoms. The SMILES string of the molecule is COc1cccc(-n2c(SCC(=O)C(C)(C)C)nc3ccccc3c2=O)c1. The van der Waals surface area contributed by atoms with Gasteiger partial charge in [0.25, 0.3) is 5.56 Å². The number of nitrogens with zero attached hydrogens (tertiary/aromatic N) is 2. The number of para-hydroxylation sites is 1. The Morgan fingerprint density at radius 2 is 1.89 bits per heavy atom. The maximum absolute atomic E-state index is 13.2. The van der Waals surface area contributed by atoms with Crippen molar-refractivity contribution < 1.29 is 9.53 Å². The summed E-state index contributed by atoms with van der Waals surface area (Å²) < 4.78 is 6.84. The fraction of sp³-hybridized carbons (Fsp3) is 0.286. The molecule has 0 amide bonds. The molecule has 0 atom stereocenters. The van der Waals surface area contributed by atoms with Crippen molar-refractivity contribution in [3.8, 4) is 11.4 Å². The molecule has 0 saturated carbocycles. The van der Waals surface area contributed by atoms with E-state index >= 15 is 0 Å². The number of Topliss-reactive ketones (excluding diaryl/α,β-unsaturated/α-hetero) is 1. The summed E-state index contributed by atoms with van der Waals surface area (Å²) in [4.78, 5) is 30.2. The lowest BCUT2D eigenvalue weighted by Crippen LogP contribution is -2.24. The summed E-state index contributed by atoms with van der Waals surface area (Å²) in [7, 11) is 1.58. The summed E-state index contributed by atoms with van der Waals surface area (Å²) in [6.45, 7) is 5.66. The second-order valence-corrected chi connectivity index (χ2v) is 8.16. The number of ketones is 1. The van der Waals surface area contributed by atoms with Gasteiger partial charge in [0.15, 0.2) is 5.16 Å². The zero-order chi connectivity index (χ0) is 19.6. The lowest BCUT2D eigenvalue weighted by Gasteiger charge is -2.17. The van der Waals surface area contributed by atoms with E-state index in [-0.39, 0.29) is 17.1 Å². The highest BCUT2D eigenvalue weighted by molar-refractivity contribution is 7.99. The summed E-state index contributed by atoms with van der Waals surface area (Å²) in [6.07, 6.45) is 0. The van der Waals surface area contributed by atoms with Gasteiger partial charge in [0.2, 0.25) is 0 Å². The van der Waals surface area contributed by atoms with E-state index in [2.05, 4.69) is 4.98 Å². The molecule has 0 aliphatic heterocycles. The Morgan fingerprint density at radius 3 is 2.59 bits per heavy atom. The Kier molecular flexibility index (Phi) is 5.37. The topological polar surface area (TPSA) is 61.2 Å². The maximum Gasteiger partial charge on any atom is 0.266 e. The van der Waals surface area contributed by atoms with Crippen LogP contribution in [0.1, 0.15) is 20.8 Å². The molecular weight excluding hydrogens is 360 g/mol. The first-order chi connectivity index (χ1) is 12.8. The van der Waals surface area contributed by atoms with Crippen molar-refractivity contribution in [1.29, 1.82) is 0 Å². The molecule has 1 heterocycles. The van der Waals surface area contributed by atoms with E-state index in [4.69, 9.17) is 4.74 Å². The largest absolute Gasteiger partial charge is 0.497 e. The molecule has 3 rings (SSSR count). The van der Waals surface area contributed by atoms with Crippen LogP contribution in [0, 0.1) is 5.41 Å². The summed E-state index contributed by atoms with van der Waals surface area (Å²) >= 11 is 1.28. The molecule has 0 N–H and O–H groups in total. The number of aromatic nitrogens is 2. The van der Waals surface area contributed by atoms with Crippen LogP contribution in [-0.4, -0.2) is 28.2 Å². The van der Waals surface area contributed by atoms with Crippen LogP contribution < -0.4 is 10.3 Å². The molecule has 1 aromatic heterocycles. The third kappa shape index (κ3) is 4.06. The number of rotatable bonds is 5. The molecule has 0 unspecified atom stereocenters. The number of hydrogen-bond donors (Lipinski definition) is 0. The summed E-state index contributed by atoms with van der Waals surface area (Å²) in [6, 6.07) is 14.5. The number of carbonyl (C=O) groups excluding carboxylic acids is 1. The van der Waals surface area contributed by atoms with E-state index in [9.17, 15) is 9.59 Å². The van der Waals surface area contributed by atoms with Gasteiger partial charge >= 0.3 is 0 Å². The minimum atomic E-state index is -0.440. The fourth-order valence-corrected chi connectivity index (χ4v) is 3.71. The zero-order valence-electron chi connectivity index (χ0n) is 15.9. The number of hydrogen-bond acceptors (Lipinski definition) is 5. The second kappa shape index (κ2) is 7.56. The lowest BCUT2D eigenvalue weighted by atomic mass is 9.92. The van der Waals surface area contributed by atoms with Crippen molar-refractivity contribution in [1.82, 2.24) is 9.55 Å². The van der Waals surface area contributed by atoms with E-state index in [1.54, 1.807) is 23.8 Å². The number of benzene rings is 2. The monoisotopic (exact) mass is 382 g/mol. The molecular formula is C21H22N2O3S. The molecule has 140 valence electrons. The molecule has 3 aromatic rings. The molecule has 0 bridgehead atoms. The number of ether oxygens (including phenoxy) is 1. The van der Waals surface area contributed by atoms with Gasteiger partial charge in [-0.15, -0.1) is 0 Å². The van der Waals surface area contributed by atoms with Crippen LogP contribution in [0.2, 0.25) is 0 Å². The van der Waals surface area contributed by atoms with Crippen molar-refractivity contribution >= 4 is 28.4 Å². The van der Waals surface area contributed by atoms with Crippen molar-refractivity contribution in [3.05, 3.63) is 58.9 Å². The van der Waals surface area contributed by atoms with E-state index in [1.165, 1.54) is 11.8 Å². The van der Waals surface area contributed by atoms with Crippen molar-refractivity contribution in [2.24, 2.45) is 5.41 Å². The molecule has 5 nitrogen and oxygen atoms in total. The highest BCUT2D eigenvalue weighted by Gasteiger charge is 2.22. The third-order valence-corrected chi connectivity index (χ3v) is 5.16. The third-order valence-electron chi connectivity index (χ3n) is 4.23. The van der Waals surface area contributed by atoms with E-state index in [1.807, 2.05) is 57.2 Å². The normalized spacial score (nSPS) is 11.6. The molecule has 6 heteroatoms. The van der Waals surface area contributed by atoms with Crippen LogP contribution in [0.5, 0.6) is 5.75 Å². The quantitative estimate of drug-likeness (QED) is 0.491. The molecule has 2 aromatic carbocycles. The Morgan fingerprint density at radius 1 is 1.15 bits per heavy atom. The molecule has 0 spiro atoms. The zero-order valence-corrected chi connectivity index (χ0v) is 16.7. The van der Waals surface area contributed by atoms with Gasteiger partial charge in [-0.2, -0.15) is 0 Å². The molecule has 0 saturated heterocycles. The predicted molar refractivity (Wildman–Crippen MR) is 109 cm³/mol. The van der Waals surface area contributed by atoms with Gasteiger partial charge < -0.3 is 4.74 Å². The Labute approximate surface area is 162 Å². The van der Waals surface area contributed by atoms with Gasteiger partial charge in [-0.3, -0.25) is 14.2 Å². The Bertz CT molecular complexity index is 1050. The first-order valence-corrected chi connectivity index (χ1v) is 9.62. The van der Waals surface area contributed by atoms with Gasteiger partial charge in [-0.1, -0.05) is 50.7 Å². The minimum absolute atomic E-state index is 0.104. The molecule has 0 fully saturated rings. The van der Waals surface area contributed by atoms with Crippen molar-refractivity contribution in [2.45, 2.75) is 25.9 Å². The van der Waals surface area contributed by atoms with Gasteiger partial charge in [-0.05, 0) is 24.3 Å². The predicted octanol–water partition coefficient (Wildman–Crippen LogP) is 4.10. The van der Waals surface area contributed by atoms with Crippen LogP contribution in [0.3, 0.4) is 0 Å². The van der Waals surface area contributed by atoms with Crippen molar-refractivity contribution in [2.75, 3.05) is 12.9 Å². The van der Waals surface area contributed by atoms with Crippen LogP contribution in [-0.2, 0) is 4.79 Å². The first-order valence-electron chi connectivity index (χ1n) is 8.63. The standard InChI is InChI=1S/C21H22N2O3S/c1-21(2,3)18(24)13-27-20-22-17-11-6-5-10-16(17)19(25)23(20)14-8-7-9-15(12-14)26-4/h5-12H,13H2,1-4H3. The average molecular weight is 382 g/mol. The van der Waals surface area contributed by atoms with Crippen molar-refractivity contribution in [3.63, 3.8) is 0 Å². The fourth-order valence-electron chi connectivity index (χ4n) is 2.53. The first kappa shape index (κ1) is 19.2.